The first-order chi connectivity index (χ1) is 26.1. The minimum Gasteiger partial charge on any atom is -0.367 e. The summed E-state index contributed by atoms with van der Waals surface area (Å²) >= 11 is 0. The van der Waals surface area contributed by atoms with Crippen LogP contribution in [0.3, 0.4) is 0 Å². The zero-order valence-electron chi connectivity index (χ0n) is 31.3. The van der Waals surface area contributed by atoms with Gasteiger partial charge in [0.15, 0.2) is 0 Å². The molecule has 302 valence electrons. The van der Waals surface area contributed by atoms with E-state index in [0.29, 0.717) is 78.8 Å². The molecule has 2 fully saturated rings. The Hall–Kier alpha value is -4.24. The van der Waals surface area contributed by atoms with Crippen LogP contribution < -0.4 is 31.9 Å². The molecular weight excluding hydrogens is 782 g/mol. The lowest BCUT2D eigenvalue weighted by atomic mass is 9.91. The number of aromatic nitrogens is 4. The van der Waals surface area contributed by atoms with E-state index in [9.17, 15) is 35.5 Å². The van der Waals surface area contributed by atoms with Crippen LogP contribution in [0.1, 0.15) is 48.4 Å². The summed E-state index contributed by atoms with van der Waals surface area (Å²) in [6, 6.07) is 10.7. The number of benzene rings is 2. The summed E-state index contributed by atoms with van der Waals surface area (Å²) in [6.45, 7) is 7.37. The maximum Gasteiger partial charge on any atom is 0.421 e. The number of nitrogens with one attached hydrogen (secondary N) is 4. The molecule has 12 nitrogen and oxygen atoms in total. The van der Waals surface area contributed by atoms with Crippen LogP contribution in [0.25, 0.3) is 0 Å². The van der Waals surface area contributed by atoms with Gasteiger partial charge in [-0.25, -0.2) is 9.97 Å². The van der Waals surface area contributed by atoms with Crippen LogP contribution in [0.4, 0.5) is 61.2 Å². The van der Waals surface area contributed by atoms with E-state index in [-0.39, 0.29) is 11.9 Å². The zero-order chi connectivity index (χ0) is 40.6. The predicted molar refractivity (Wildman–Crippen MR) is 206 cm³/mol. The van der Waals surface area contributed by atoms with Crippen molar-refractivity contribution >= 4 is 59.8 Å². The maximum atomic E-state index is 14.2. The van der Waals surface area contributed by atoms with E-state index in [1.165, 1.54) is 0 Å². The van der Waals surface area contributed by atoms with Crippen LogP contribution in [0.5, 0.6) is 0 Å². The van der Waals surface area contributed by atoms with Crippen molar-refractivity contribution in [1.29, 1.82) is 0 Å². The number of ether oxygens (including phenoxy) is 1. The fourth-order valence-corrected chi connectivity index (χ4v) is 8.82. The van der Waals surface area contributed by atoms with Crippen LogP contribution >= 0.6 is 14.3 Å². The molecule has 56 heavy (non-hydrogen) atoms. The van der Waals surface area contributed by atoms with Crippen molar-refractivity contribution in [2.75, 3.05) is 68.1 Å². The van der Waals surface area contributed by atoms with E-state index in [2.05, 4.69) is 41.2 Å². The summed E-state index contributed by atoms with van der Waals surface area (Å²) in [5, 5.41) is 12.8. The highest BCUT2D eigenvalue weighted by atomic mass is 31.2. The average molecular weight is 826 g/mol. The lowest BCUT2D eigenvalue weighted by molar-refractivity contribution is -0.138. The lowest BCUT2D eigenvalue weighted by Gasteiger charge is -2.39. The van der Waals surface area contributed by atoms with Crippen molar-refractivity contribution < 1.29 is 40.2 Å². The number of anilines is 6. The second-order valence-corrected chi connectivity index (χ2v) is 21.1. The highest BCUT2D eigenvalue weighted by Gasteiger charge is 2.38. The normalized spacial score (nSPS) is 19.8. The van der Waals surface area contributed by atoms with E-state index < -0.39 is 67.7 Å². The lowest BCUT2D eigenvalue weighted by Crippen LogP contribution is -2.41. The molecular formula is C36H43F6N9O3P2. The molecule has 0 radical (unpaired) electrons. The Labute approximate surface area is 320 Å². The molecule has 0 aliphatic carbocycles. The Morgan fingerprint density at radius 3 is 1.88 bits per heavy atom. The van der Waals surface area contributed by atoms with Gasteiger partial charge in [-0.2, -0.15) is 36.3 Å². The van der Waals surface area contributed by atoms with Gasteiger partial charge in [-0.15, -0.1) is 0 Å². The van der Waals surface area contributed by atoms with Gasteiger partial charge in [0.25, 0.3) is 0 Å². The number of piperidine rings is 1. The summed E-state index contributed by atoms with van der Waals surface area (Å²) in [5.74, 6) is -1.04. The Morgan fingerprint density at radius 2 is 1.34 bits per heavy atom. The van der Waals surface area contributed by atoms with E-state index in [0.717, 1.165) is 0 Å². The number of hydrogen-bond donors (Lipinski definition) is 4. The van der Waals surface area contributed by atoms with Gasteiger partial charge in [0.2, 0.25) is 11.9 Å². The van der Waals surface area contributed by atoms with E-state index in [4.69, 9.17) is 4.74 Å². The highest BCUT2D eigenvalue weighted by molar-refractivity contribution is 7.70. The molecule has 0 amide bonds. The minimum absolute atomic E-state index is 0.0764. The summed E-state index contributed by atoms with van der Waals surface area (Å²) in [6.07, 6.45) is -6.76. The highest BCUT2D eigenvalue weighted by Crippen LogP contribution is 2.43. The third kappa shape index (κ3) is 10.0. The molecule has 2 aromatic heterocycles. The molecule has 2 aliphatic rings. The van der Waals surface area contributed by atoms with E-state index in [1.54, 1.807) is 69.1 Å². The first-order valence-electron chi connectivity index (χ1n) is 17.8. The molecule has 20 heteroatoms. The number of alkyl halides is 6. The molecule has 3 unspecified atom stereocenters. The van der Waals surface area contributed by atoms with Gasteiger partial charge in [0.1, 0.15) is 43.3 Å². The van der Waals surface area contributed by atoms with Gasteiger partial charge >= 0.3 is 12.4 Å². The maximum absolute atomic E-state index is 14.2. The number of hydrogen-bond acceptors (Lipinski definition) is 12. The zero-order valence-corrected chi connectivity index (χ0v) is 33.1. The van der Waals surface area contributed by atoms with Crippen molar-refractivity contribution in [2.45, 2.75) is 56.3 Å². The van der Waals surface area contributed by atoms with Gasteiger partial charge in [-0.1, -0.05) is 0 Å². The molecule has 4 N–H and O–H groups in total. The fourth-order valence-electron chi connectivity index (χ4n) is 6.69. The molecule has 2 saturated heterocycles. The van der Waals surface area contributed by atoms with Crippen LogP contribution in [-0.2, 0) is 26.2 Å². The Balaban J connectivity index is 1.27. The number of rotatable bonds is 11. The first-order valence-corrected chi connectivity index (χ1v) is 23.0. The van der Waals surface area contributed by atoms with Crippen LogP contribution in [0, 0.1) is 0 Å². The summed E-state index contributed by atoms with van der Waals surface area (Å²) in [7, 11) is -3.57. The number of halogens is 6. The molecule has 4 aromatic rings. The Bertz CT molecular complexity index is 2140. The van der Waals surface area contributed by atoms with Gasteiger partial charge in [0, 0.05) is 59.6 Å². The van der Waals surface area contributed by atoms with Gasteiger partial charge in [-0.05, 0) is 107 Å². The van der Waals surface area contributed by atoms with Crippen molar-refractivity contribution in [1.82, 2.24) is 24.8 Å². The largest absolute Gasteiger partial charge is 0.421 e. The van der Waals surface area contributed by atoms with Gasteiger partial charge < -0.3 is 35.1 Å². The Kier molecular flexibility index (Phi) is 11.8. The van der Waals surface area contributed by atoms with Crippen LogP contribution in [0.15, 0.2) is 54.9 Å². The standard InChI is InChI=1S/C36H43F6N9O3P2/c1-51-15-14-23(45-31-26(35(37,38)39)19-43-33(49-31)46-21-8-11-24(12-9-21)55(2,3)52)18-28(51)25-17-22(10-13-29(25)56(4,5)53)47-34-44-20-27(36(40,41)42)32(50-34)48-30-7-6-16-54-30/h8-13,17,19-20,23,28,30H,6-7,14-16,18H2,1-5H3,(H2,43,45,46,49)(H2,44,47,48,50). The molecule has 3 atom stereocenters. The monoisotopic (exact) mass is 825 g/mol. The third-order valence-electron chi connectivity index (χ3n) is 9.59. The second kappa shape index (κ2) is 16.0. The molecule has 2 aliphatic heterocycles. The molecule has 0 saturated carbocycles. The minimum atomic E-state index is -4.76. The second-order valence-electron chi connectivity index (χ2n) is 14.7. The van der Waals surface area contributed by atoms with Crippen molar-refractivity contribution in [3.05, 3.63) is 71.5 Å². The van der Waals surface area contributed by atoms with Crippen LogP contribution in [-0.4, -0.2) is 84.0 Å². The summed E-state index contributed by atoms with van der Waals surface area (Å²) < 4.78 is 116. The molecule has 2 aromatic carbocycles. The molecule has 6 rings (SSSR count). The smallest absolute Gasteiger partial charge is 0.367 e. The first kappa shape index (κ1) is 41.4. The van der Waals surface area contributed by atoms with E-state index in [1.807, 2.05) is 11.9 Å². The molecule has 0 bridgehead atoms. The van der Waals surface area contributed by atoms with Crippen molar-refractivity contribution in [3.8, 4) is 0 Å². The Morgan fingerprint density at radius 1 is 0.768 bits per heavy atom. The van der Waals surface area contributed by atoms with Gasteiger partial charge in [-0.3, -0.25) is 4.90 Å². The molecule has 4 heterocycles. The fraction of sp³-hybridized carbons (Fsp3) is 0.444. The van der Waals surface area contributed by atoms with Gasteiger partial charge in [0.05, 0.1) is 0 Å². The topological polar surface area (TPSA) is 146 Å². The summed E-state index contributed by atoms with van der Waals surface area (Å²) in [5.41, 5.74) is -0.558. The average Bonchev–Trinajstić information content (AvgIpc) is 3.61. The van der Waals surface area contributed by atoms with Crippen molar-refractivity contribution in [2.24, 2.45) is 0 Å². The summed E-state index contributed by atoms with van der Waals surface area (Å²) in [4.78, 5) is 18.2. The number of likely N-dealkylation sites (tertiary alicyclic amines) is 1. The van der Waals surface area contributed by atoms with Crippen LogP contribution in [0.2, 0.25) is 0 Å². The molecule has 0 spiro atoms. The quantitative estimate of drug-likeness (QED) is 0.0857. The third-order valence-corrected chi connectivity index (χ3v) is 12.7. The SMILES string of the molecule is CN1CCC(Nc2nc(Nc3ccc(P(C)(C)=O)cc3)ncc2C(F)(F)F)CC1c1cc(Nc2ncc(C(F)(F)F)c(NC3CCCO3)n2)ccc1P(C)(C)=O. The number of nitrogens with zero attached hydrogens (tertiary/aromatic N) is 5. The van der Waals surface area contributed by atoms with Crippen molar-refractivity contribution in [3.63, 3.8) is 0 Å². The predicted octanol–water partition coefficient (Wildman–Crippen LogP) is 8.08. The van der Waals surface area contributed by atoms with E-state index >= 15 is 0 Å².